The Morgan fingerprint density at radius 1 is 0.968 bits per heavy atom. The molecule has 1 fully saturated rings. The number of sulfonamides is 1. The van der Waals surface area contributed by atoms with Crippen molar-refractivity contribution in [1.82, 2.24) is 4.31 Å². The van der Waals surface area contributed by atoms with Crippen LogP contribution in [0.5, 0.6) is 11.5 Å². The van der Waals surface area contributed by atoms with Crippen LogP contribution in [0.4, 0.5) is 10.5 Å². The minimum Gasteiger partial charge on any atom is -0.486 e. The first-order chi connectivity index (χ1) is 14.9. The molecule has 0 aromatic heterocycles. The van der Waals surface area contributed by atoms with E-state index in [-0.39, 0.29) is 23.6 Å². The second-order valence-electron chi connectivity index (χ2n) is 7.95. The number of hydrogen-bond acceptors (Lipinski definition) is 6. The molecule has 3 aliphatic rings. The number of rotatable bonds is 3. The summed E-state index contributed by atoms with van der Waals surface area (Å²) in [4.78, 5) is 14.5. The molecule has 0 N–H and O–H groups in total. The van der Waals surface area contributed by atoms with E-state index in [0.29, 0.717) is 50.6 Å². The molecule has 1 saturated heterocycles. The normalized spacial score (nSPS) is 19.6. The van der Waals surface area contributed by atoms with Gasteiger partial charge in [-0.25, -0.2) is 13.2 Å². The molecule has 0 spiro atoms. The number of piperidine rings is 1. The summed E-state index contributed by atoms with van der Waals surface area (Å²) in [5.74, 6) is 1.01. The van der Waals surface area contributed by atoms with Crippen LogP contribution in [0, 0.1) is 6.92 Å². The van der Waals surface area contributed by atoms with E-state index >= 15 is 0 Å². The van der Waals surface area contributed by atoms with Crippen molar-refractivity contribution in [3.8, 4) is 11.5 Å². The Hall–Kier alpha value is -2.78. The number of fused-ring (bicyclic) bond motifs is 2. The molecule has 2 aromatic rings. The maximum Gasteiger partial charge on any atom is 0.414 e. The summed E-state index contributed by atoms with van der Waals surface area (Å²) in [5.41, 5.74) is 2.89. The van der Waals surface area contributed by atoms with Crippen molar-refractivity contribution in [2.45, 2.75) is 37.3 Å². The molecule has 3 heterocycles. The summed E-state index contributed by atoms with van der Waals surface area (Å²) in [5, 5.41) is 0. The highest BCUT2D eigenvalue weighted by Crippen LogP contribution is 2.36. The number of anilines is 1. The molecule has 164 valence electrons. The molecule has 9 heteroatoms. The van der Waals surface area contributed by atoms with Gasteiger partial charge in [0, 0.05) is 30.8 Å². The van der Waals surface area contributed by atoms with Crippen LogP contribution in [0.1, 0.15) is 24.0 Å². The van der Waals surface area contributed by atoms with Crippen LogP contribution >= 0.6 is 0 Å². The monoisotopic (exact) mass is 444 g/mol. The van der Waals surface area contributed by atoms with Crippen LogP contribution in [0.3, 0.4) is 0 Å². The van der Waals surface area contributed by atoms with Crippen LogP contribution < -0.4 is 14.4 Å². The van der Waals surface area contributed by atoms with Gasteiger partial charge in [0.25, 0.3) is 0 Å². The van der Waals surface area contributed by atoms with E-state index in [0.717, 1.165) is 16.8 Å². The topological polar surface area (TPSA) is 85.4 Å². The highest BCUT2D eigenvalue weighted by atomic mass is 32.2. The third kappa shape index (κ3) is 3.51. The van der Waals surface area contributed by atoms with Gasteiger partial charge in [-0.1, -0.05) is 18.2 Å². The van der Waals surface area contributed by atoms with Crippen molar-refractivity contribution in [2.24, 2.45) is 0 Å². The number of aryl methyl sites for hydroxylation is 1. The zero-order valence-corrected chi connectivity index (χ0v) is 18.1. The molecule has 0 atom stereocenters. The standard InChI is InChI=1S/C22H24N2O6S/c1-15-3-2-4-16-14-30-22(25)24(21(15)16)17-7-9-23(10-8-17)31(26,27)18-5-6-19-20(13-18)29-12-11-28-19/h2-6,13,17H,7-12,14H2,1H3. The Balaban J connectivity index is 1.35. The lowest BCUT2D eigenvalue weighted by molar-refractivity contribution is 0.135. The fraction of sp³-hybridized carbons (Fsp3) is 0.409. The Morgan fingerprint density at radius 2 is 1.71 bits per heavy atom. The summed E-state index contributed by atoms with van der Waals surface area (Å²) in [7, 11) is -3.67. The molecule has 31 heavy (non-hydrogen) atoms. The minimum absolute atomic E-state index is 0.112. The molecule has 0 radical (unpaired) electrons. The summed E-state index contributed by atoms with van der Waals surface area (Å²) in [6.45, 7) is 3.75. The Labute approximate surface area is 181 Å². The van der Waals surface area contributed by atoms with E-state index in [9.17, 15) is 13.2 Å². The van der Waals surface area contributed by atoms with Gasteiger partial charge in [-0.3, -0.25) is 4.90 Å². The first kappa shape index (κ1) is 20.1. The maximum absolute atomic E-state index is 13.2. The SMILES string of the molecule is Cc1cccc2c1N(C1CCN(S(=O)(=O)c3ccc4c(c3)OCCO4)CC1)C(=O)OC2. The summed E-state index contributed by atoms with van der Waals surface area (Å²) >= 11 is 0. The number of nitrogens with zero attached hydrogens (tertiary/aromatic N) is 2. The average Bonchev–Trinajstić information content (AvgIpc) is 2.79. The lowest BCUT2D eigenvalue weighted by atomic mass is 10.00. The molecule has 0 unspecified atom stereocenters. The smallest absolute Gasteiger partial charge is 0.414 e. The van der Waals surface area contributed by atoms with Gasteiger partial charge >= 0.3 is 6.09 Å². The fourth-order valence-electron chi connectivity index (χ4n) is 4.49. The molecular formula is C22H24N2O6S. The molecule has 1 amide bonds. The summed E-state index contributed by atoms with van der Waals surface area (Å²) < 4.78 is 44.3. The Bertz CT molecular complexity index is 1120. The lowest BCUT2D eigenvalue weighted by Crippen LogP contribution is -2.50. The number of cyclic esters (lactones) is 1. The third-order valence-corrected chi connectivity index (χ3v) is 7.94. The molecule has 8 nitrogen and oxygen atoms in total. The van der Waals surface area contributed by atoms with Gasteiger partial charge in [0.15, 0.2) is 11.5 Å². The molecule has 0 saturated carbocycles. The van der Waals surface area contributed by atoms with Gasteiger partial charge in [0.2, 0.25) is 10.0 Å². The van der Waals surface area contributed by atoms with Crippen molar-refractivity contribution in [2.75, 3.05) is 31.2 Å². The number of hydrogen-bond donors (Lipinski definition) is 0. The number of carbonyl (C=O) groups is 1. The Morgan fingerprint density at radius 3 is 2.48 bits per heavy atom. The Kier molecular flexibility index (Phi) is 5.02. The van der Waals surface area contributed by atoms with Crippen LogP contribution in [-0.4, -0.2) is 51.2 Å². The summed E-state index contributed by atoms with van der Waals surface area (Å²) in [6.07, 6.45) is 0.703. The third-order valence-electron chi connectivity index (χ3n) is 6.05. The highest BCUT2D eigenvalue weighted by Gasteiger charge is 2.38. The van der Waals surface area contributed by atoms with Gasteiger partial charge in [-0.05, 0) is 37.5 Å². The first-order valence-corrected chi connectivity index (χ1v) is 11.8. The fourth-order valence-corrected chi connectivity index (χ4v) is 5.97. The minimum atomic E-state index is -3.67. The quantitative estimate of drug-likeness (QED) is 0.723. The van der Waals surface area contributed by atoms with Crippen LogP contribution in [0.15, 0.2) is 41.3 Å². The molecule has 0 aliphatic carbocycles. The summed E-state index contributed by atoms with van der Waals surface area (Å²) in [6, 6.07) is 10.5. The second-order valence-corrected chi connectivity index (χ2v) is 9.89. The van der Waals surface area contributed by atoms with E-state index in [1.54, 1.807) is 17.0 Å². The molecule has 3 aliphatic heterocycles. The van der Waals surface area contributed by atoms with Gasteiger partial charge < -0.3 is 14.2 Å². The number of carbonyl (C=O) groups excluding carboxylic acids is 1. The van der Waals surface area contributed by atoms with E-state index in [4.69, 9.17) is 14.2 Å². The van der Waals surface area contributed by atoms with E-state index in [1.165, 1.54) is 10.4 Å². The number of benzene rings is 2. The largest absolute Gasteiger partial charge is 0.486 e. The molecule has 2 aromatic carbocycles. The van der Waals surface area contributed by atoms with Gasteiger partial charge in [0.1, 0.15) is 19.8 Å². The number of amides is 1. The lowest BCUT2D eigenvalue weighted by Gasteiger charge is -2.40. The molecular weight excluding hydrogens is 420 g/mol. The van der Waals surface area contributed by atoms with Gasteiger partial charge in [-0.2, -0.15) is 4.31 Å². The number of ether oxygens (including phenoxy) is 3. The average molecular weight is 445 g/mol. The second kappa shape index (κ2) is 7.72. The van der Waals surface area contributed by atoms with Crippen LogP contribution in [-0.2, 0) is 21.4 Å². The van der Waals surface area contributed by atoms with Crippen molar-refractivity contribution in [1.29, 1.82) is 0 Å². The van der Waals surface area contributed by atoms with E-state index in [2.05, 4.69) is 0 Å². The van der Waals surface area contributed by atoms with Gasteiger partial charge in [-0.15, -0.1) is 0 Å². The predicted octanol–water partition coefficient (Wildman–Crippen LogP) is 3.08. The van der Waals surface area contributed by atoms with Crippen LogP contribution in [0.2, 0.25) is 0 Å². The van der Waals surface area contributed by atoms with Gasteiger partial charge in [0.05, 0.1) is 10.6 Å². The zero-order valence-electron chi connectivity index (χ0n) is 17.2. The van der Waals surface area contributed by atoms with Crippen molar-refractivity contribution >= 4 is 21.8 Å². The van der Waals surface area contributed by atoms with Crippen molar-refractivity contribution in [3.63, 3.8) is 0 Å². The van der Waals surface area contributed by atoms with Crippen LogP contribution in [0.25, 0.3) is 0 Å². The first-order valence-electron chi connectivity index (χ1n) is 10.4. The highest BCUT2D eigenvalue weighted by molar-refractivity contribution is 7.89. The van der Waals surface area contributed by atoms with E-state index in [1.807, 2.05) is 25.1 Å². The maximum atomic E-state index is 13.2. The van der Waals surface area contributed by atoms with Crippen molar-refractivity contribution < 1.29 is 27.4 Å². The zero-order chi connectivity index (χ0) is 21.6. The van der Waals surface area contributed by atoms with Crippen molar-refractivity contribution in [3.05, 3.63) is 47.5 Å². The molecule has 5 rings (SSSR count). The predicted molar refractivity (Wildman–Crippen MR) is 113 cm³/mol. The number of para-hydroxylation sites is 1. The molecule has 0 bridgehead atoms. The van der Waals surface area contributed by atoms with E-state index < -0.39 is 10.0 Å².